The summed E-state index contributed by atoms with van der Waals surface area (Å²) in [4.78, 5) is 39.5. The van der Waals surface area contributed by atoms with Crippen LogP contribution in [0.1, 0.15) is 22.3 Å². The largest absolute Gasteiger partial charge is 0.494 e. The van der Waals surface area contributed by atoms with Gasteiger partial charge in [-0.1, -0.05) is 48.5 Å². The first-order valence-corrected chi connectivity index (χ1v) is 8.65. The maximum atomic E-state index is 12.4. The lowest BCUT2D eigenvalue weighted by molar-refractivity contribution is -0.109. The predicted molar refractivity (Wildman–Crippen MR) is 107 cm³/mol. The number of carbonyl (C=O) groups excluding carboxylic acids is 1. The number of nitrogens with zero attached hydrogens (tertiary/aromatic N) is 1. The van der Waals surface area contributed by atoms with Crippen LogP contribution in [0.15, 0.2) is 64.2 Å². The molecule has 0 amide bonds. The number of allylic oxidation sites excluding steroid dienone is 2. The third-order valence-electron chi connectivity index (χ3n) is 4.70. The molecule has 1 aliphatic carbocycles. The second-order valence-electron chi connectivity index (χ2n) is 6.46. The van der Waals surface area contributed by atoms with Crippen LogP contribution in [0, 0.1) is 6.92 Å². The third-order valence-corrected chi connectivity index (χ3v) is 4.70. The lowest BCUT2D eigenvalue weighted by Crippen LogP contribution is -2.30. The first-order valence-electron chi connectivity index (χ1n) is 8.65. The van der Waals surface area contributed by atoms with E-state index in [2.05, 4.69) is 4.98 Å². The van der Waals surface area contributed by atoms with E-state index in [9.17, 15) is 19.5 Å². The molecule has 0 saturated heterocycles. The molecule has 0 bridgehead atoms. The van der Waals surface area contributed by atoms with E-state index >= 15 is 0 Å². The Morgan fingerprint density at radius 2 is 1.68 bits per heavy atom. The van der Waals surface area contributed by atoms with Gasteiger partial charge in [0.2, 0.25) is 5.88 Å². The standard InChI is InChI=1S/C22H16N2O4/c1-13-6-2-5-9-18(13)24-21(27)17(20(26)23-22(24)28)12-16-15-8-4-3-7-14(15)10-11-19(16)25/h2-12,27H,1H3,(H,23,26,28). The van der Waals surface area contributed by atoms with Crippen LogP contribution >= 0.6 is 0 Å². The summed E-state index contributed by atoms with van der Waals surface area (Å²) in [6.07, 6.45) is 4.44. The number of benzene rings is 2. The Morgan fingerprint density at radius 3 is 2.46 bits per heavy atom. The average Bonchev–Trinajstić information content (AvgIpc) is 2.68. The number of para-hydroxylation sites is 1. The van der Waals surface area contributed by atoms with E-state index in [1.54, 1.807) is 49.4 Å². The lowest BCUT2D eigenvalue weighted by Gasteiger charge is -2.15. The van der Waals surface area contributed by atoms with Crippen LogP contribution in [0.25, 0.3) is 23.4 Å². The summed E-state index contributed by atoms with van der Waals surface area (Å²) in [7, 11) is 0. The lowest BCUT2D eigenvalue weighted by atomic mass is 9.90. The van der Waals surface area contributed by atoms with Crippen molar-refractivity contribution in [3.05, 3.63) is 97.7 Å². The van der Waals surface area contributed by atoms with E-state index in [1.165, 1.54) is 12.2 Å². The fourth-order valence-electron chi connectivity index (χ4n) is 3.28. The van der Waals surface area contributed by atoms with E-state index < -0.39 is 17.1 Å². The highest BCUT2D eigenvalue weighted by Gasteiger charge is 2.21. The Labute approximate surface area is 159 Å². The van der Waals surface area contributed by atoms with Gasteiger partial charge >= 0.3 is 5.69 Å². The molecule has 0 unspecified atom stereocenters. The highest BCUT2D eigenvalue weighted by atomic mass is 16.3. The summed E-state index contributed by atoms with van der Waals surface area (Å²) in [6.45, 7) is 1.79. The minimum absolute atomic E-state index is 0.156. The van der Waals surface area contributed by atoms with Crippen LogP contribution in [0.5, 0.6) is 5.88 Å². The molecule has 0 aliphatic heterocycles. The van der Waals surface area contributed by atoms with Crippen molar-refractivity contribution in [2.24, 2.45) is 0 Å². The monoisotopic (exact) mass is 372 g/mol. The fraction of sp³-hybridized carbons (Fsp3) is 0.0455. The van der Waals surface area contributed by atoms with Crippen molar-refractivity contribution in [3.8, 4) is 11.6 Å². The van der Waals surface area contributed by atoms with Gasteiger partial charge in [-0.3, -0.25) is 14.6 Å². The van der Waals surface area contributed by atoms with Gasteiger partial charge < -0.3 is 5.11 Å². The summed E-state index contributed by atoms with van der Waals surface area (Å²) in [6, 6.07) is 14.2. The minimum Gasteiger partial charge on any atom is -0.494 e. The molecule has 0 radical (unpaired) electrons. The number of aryl methyl sites for hydroxylation is 1. The maximum absolute atomic E-state index is 12.4. The maximum Gasteiger partial charge on any atom is 0.335 e. The number of hydrogen-bond donors (Lipinski definition) is 2. The highest BCUT2D eigenvalue weighted by Crippen LogP contribution is 2.29. The molecule has 6 nitrogen and oxygen atoms in total. The molecule has 6 heteroatoms. The number of fused-ring (bicyclic) bond motifs is 1. The van der Waals surface area contributed by atoms with Gasteiger partial charge in [0.1, 0.15) is 5.56 Å². The normalized spacial score (nSPS) is 14.3. The number of hydrogen-bond acceptors (Lipinski definition) is 4. The molecule has 1 aromatic heterocycles. The first kappa shape index (κ1) is 17.5. The van der Waals surface area contributed by atoms with Crippen LogP contribution in [-0.2, 0) is 4.79 Å². The van der Waals surface area contributed by atoms with Crippen molar-refractivity contribution >= 4 is 23.5 Å². The molecular weight excluding hydrogens is 356 g/mol. The van der Waals surface area contributed by atoms with E-state index in [0.717, 1.165) is 15.7 Å². The Morgan fingerprint density at radius 1 is 0.964 bits per heavy atom. The molecule has 2 aromatic carbocycles. The molecule has 1 heterocycles. The van der Waals surface area contributed by atoms with Crippen molar-refractivity contribution in [3.63, 3.8) is 0 Å². The third kappa shape index (κ3) is 2.81. The molecule has 138 valence electrons. The van der Waals surface area contributed by atoms with Crippen molar-refractivity contribution in [1.29, 1.82) is 0 Å². The van der Waals surface area contributed by atoms with E-state index in [-0.39, 0.29) is 16.9 Å². The van der Waals surface area contributed by atoms with Crippen molar-refractivity contribution in [2.75, 3.05) is 0 Å². The second kappa shape index (κ2) is 6.66. The van der Waals surface area contributed by atoms with Crippen LogP contribution in [0.2, 0.25) is 0 Å². The van der Waals surface area contributed by atoms with Crippen LogP contribution < -0.4 is 11.2 Å². The Hall–Kier alpha value is -3.93. The zero-order valence-corrected chi connectivity index (χ0v) is 15.0. The molecular formula is C22H16N2O4. The van der Waals surface area contributed by atoms with E-state index in [1.807, 2.05) is 12.1 Å². The summed E-state index contributed by atoms with van der Waals surface area (Å²) < 4.78 is 1.03. The Balaban J connectivity index is 1.99. The second-order valence-corrected chi connectivity index (χ2v) is 6.46. The van der Waals surface area contributed by atoms with Gasteiger partial charge in [0.25, 0.3) is 5.56 Å². The number of rotatable bonds is 2. The summed E-state index contributed by atoms with van der Waals surface area (Å²) in [5, 5.41) is 10.8. The van der Waals surface area contributed by atoms with Gasteiger partial charge in [-0.15, -0.1) is 0 Å². The van der Waals surface area contributed by atoms with Gasteiger partial charge in [0, 0.05) is 5.57 Å². The average molecular weight is 372 g/mol. The van der Waals surface area contributed by atoms with Crippen LogP contribution in [0.4, 0.5) is 0 Å². The van der Waals surface area contributed by atoms with Crippen LogP contribution in [0.3, 0.4) is 0 Å². The zero-order chi connectivity index (χ0) is 19.8. The summed E-state index contributed by atoms with van der Waals surface area (Å²) >= 11 is 0. The quantitative estimate of drug-likeness (QED) is 0.677. The fourth-order valence-corrected chi connectivity index (χ4v) is 3.28. The van der Waals surface area contributed by atoms with Gasteiger partial charge in [0.15, 0.2) is 5.78 Å². The predicted octanol–water partition coefficient (Wildman–Crippen LogP) is 2.68. The highest BCUT2D eigenvalue weighted by molar-refractivity contribution is 6.33. The van der Waals surface area contributed by atoms with E-state index in [4.69, 9.17) is 0 Å². The van der Waals surface area contributed by atoms with Gasteiger partial charge in [0.05, 0.1) is 5.69 Å². The van der Waals surface area contributed by atoms with Gasteiger partial charge in [-0.05, 0) is 41.8 Å². The van der Waals surface area contributed by atoms with Crippen molar-refractivity contribution in [2.45, 2.75) is 6.92 Å². The molecule has 28 heavy (non-hydrogen) atoms. The molecule has 0 fully saturated rings. The zero-order valence-electron chi connectivity index (χ0n) is 15.0. The summed E-state index contributed by atoms with van der Waals surface area (Å²) in [5.41, 5.74) is 1.27. The smallest absolute Gasteiger partial charge is 0.335 e. The minimum atomic E-state index is -0.764. The topological polar surface area (TPSA) is 92.2 Å². The number of nitrogens with one attached hydrogen (secondary N) is 1. The summed E-state index contributed by atoms with van der Waals surface area (Å²) in [5.74, 6) is -0.804. The number of aromatic amines is 1. The first-order chi connectivity index (χ1) is 13.5. The van der Waals surface area contributed by atoms with Gasteiger partial charge in [-0.2, -0.15) is 0 Å². The van der Waals surface area contributed by atoms with Gasteiger partial charge in [-0.25, -0.2) is 9.36 Å². The van der Waals surface area contributed by atoms with Crippen molar-refractivity contribution in [1.82, 2.24) is 9.55 Å². The number of ketones is 1. The molecule has 0 saturated carbocycles. The molecule has 0 spiro atoms. The molecule has 1 aliphatic rings. The molecule has 3 aromatic rings. The molecule has 0 atom stereocenters. The number of aromatic hydroxyl groups is 1. The SMILES string of the molecule is Cc1ccccc1-n1c(O)c(C=C2C(=O)C=Cc3ccccc32)c(=O)[nH]c1=O. The number of aromatic nitrogens is 2. The van der Waals surface area contributed by atoms with Crippen LogP contribution in [-0.4, -0.2) is 20.4 Å². The van der Waals surface area contributed by atoms with Crippen molar-refractivity contribution < 1.29 is 9.90 Å². The number of H-pyrrole nitrogens is 1. The Bertz CT molecular complexity index is 1290. The molecule has 4 rings (SSSR count). The molecule has 2 N–H and O–H groups in total. The van der Waals surface area contributed by atoms with E-state index in [0.29, 0.717) is 11.3 Å². The number of carbonyl (C=O) groups is 1. The Kier molecular flexibility index (Phi) is 4.16.